The average molecular weight is 623 g/mol. The van der Waals surface area contributed by atoms with Gasteiger partial charge in [0.2, 0.25) is 5.91 Å². The van der Waals surface area contributed by atoms with Gasteiger partial charge >= 0.3 is 0 Å². The second kappa shape index (κ2) is 15.3. The van der Waals surface area contributed by atoms with E-state index in [1.54, 1.807) is 11.8 Å². The molecular formula is C38H46N4O2S. The first-order chi connectivity index (χ1) is 22.0. The number of hydrogen-bond donors (Lipinski definition) is 1. The largest absolute Gasteiger partial charge is 0.356 e. The number of carbonyl (C=O) groups is 2. The number of piperazine rings is 1. The second-order valence-corrected chi connectivity index (χ2v) is 14.1. The van der Waals surface area contributed by atoms with Crippen molar-refractivity contribution in [2.75, 3.05) is 39.3 Å². The Hall–Kier alpha value is -3.39. The van der Waals surface area contributed by atoms with Crippen LogP contribution in [-0.2, 0) is 22.7 Å². The molecule has 1 saturated carbocycles. The van der Waals surface area contributed by atoms with E-state index in [1.807, 2.05) is 36.4 Å². The third-order valence-electron chi connectivity index (χ3n) is 9.47. The minimum Gasteiger partial charge on any atom is -0.356 e. The summed E-state index contributed by atoms with van der Waals surface area (Å²) in [6.45, 7) is 9.73. The van der Waals surface area contributed by atoms with E-state index in [0.717, 1.165) is 81.0 Å². The average Bonchev–Trinajstić information content (AvgIpc) is 3.06. The molecule has 0 bridgehead atoms. The number of nitrogens with zero attached hydrogens (tertiary/aromatic N) is 3. The normalized spacial score (nSPS) is 23.6. The van der Waals surface area contributed by atoms with Crippen LogP contribution in [-0.4, -0.2) is 77.1 Å². The van der Waals surface area contributed by atoms with Gasteiger partial charge in [-0.1, -0.05) is 90.5 Å². The molecule has 3 aromatic rings. The third kappa shape index (κ3) is 8.46. The van der Waals surface area contributed by atoms with Gasteiger partial charge in [0.05, 0.1) is 4.91 Å². The van der Waals surface area contributed by atoms with E-state index < -0.39 is 0 Å². The molecule has 0 aromatic heterocycles. The van der Waals surface area contributed by atoms with Crippen LogP contribution < -0.4 is 5.32 Å². The van der Waals surface area contributed by atoms with Crippen LogP contribution in [0, 0.1) is 12.8 Å². The van der Waals surface area contributed by atoms with Crippen molar-refractivity contribution in [2.24, 2.45) is 5.92 Å². The highest BCUT2D eigenvalue weighted by atomic mass is 32.2. The molecule has 6 nitrogen and oxygen atoms in total. The minimum absolute atomic E-state index is 0.0487. The molecule has 236 valence electrons. The van der Waals surface area contributed by atoms with Crippen LogP contribution in [0.4, 0.5) is 0 Å². The van der Waals surface area contributed by atoms with Crippen molar-refractivity contribution >= 4 is 29.7 Å². The first-order valence-corrected chi connectivity index (χ1v) is 17.5. The monoisotopic (exact) mass is 622 g/mol. The van der Waals surface area contributed by atoms with Crippen molar-refractivity contribution in [3.63, 3.8) is 0 Å². The van der Waals surface area contributed by atoms with Crippen LogP contribution >= 0.6 is 11.8 Å². The van der Waals surface area contributed by atoms with E-state index in [4.69, 9.17) is 0 Å². The number of benzene rings is 3. The predicted octanol–water partition coefficient (Wildman–Crippen LogP) is 5.97. The summed E-state index contributed by atoms with van der Waals surface area (Å²) in [4.78, 5) is 35.2. The molecule has 2 aliphatic heterocycles. The van der Waals surface area contributed by atoms with Gasteiger partial charge in [-0.05, 0) is 61.9 Å². The SMILES string of the molecule is Cc1cccc(CN2C(=O)/C(=C/c3ccccc3)SC3CCC(C(=O)NCCCN4CCN(Cc5ccccc5)CC4)CC32)c1. The Morgan fingerprint density at radius 2 is 1.58 bits per heavy atom. The highest BCUT2D eigenvalue weighted by Crippen LogP contribution is 2.44. The van der Waals surface area contributed by atoms with E-state index in [0.29, 0.717) is 18.3 Å². The van der Waals surface area contributed by atoms with Crippen molar-refractivity contribution in [3.05, 3.63) is 112 Å². The molecule has 2 saturated heterocycles. The predicted molar refractivity (Wildman–Crippen MR) is 184 cm³/mol. The van der Waals surface area contributed by atoms with Gasteiger partial charge in [-0.2, -0.15) is 0 Å². The zero-order chi connectivity index (χ0) is 31.0. The summed E-state index contributed by atoms with van der Waals surface area (Å²) < 4.78 is 0. The number of amides is 2. The van der Waals surface area contributed by atoms with Gasteiger partial charge in [0.15, 0.2) is 0 Å². The summed E-state index contributed by atoms with van der Waals surface area (Å²) in [5.74, 6) is 0.178. The minimum atomic E-state index is -0.0548. The van der Waals surface area contributed by atoms with E-state index in [2.05, 4.69) is 81.5 Å². The van der Waals surface area contributed by atoms with Gasteiger partial charge in [0, 0.05) is 63.0 Å². The molecule has 3 unspecified atom stereocenters. The Labute approximate surface area is 272 Å². The fraction of sp³-hybridized carbons (Fsp3) is 0.421. The topological polar surface area (TPSA) is 55.9 Å². The van der Waals surface area contributed by atoms with Crippen molar-refractivity contribution in [1.29, 1.82) is 0 Å². The van der Waals surface area contributed by atoms with Crippen LogP contribution in [0.5, 0.6) is 0 Å². The van der Waals surface area contributed by atoms with E-state index in [-0.39, 0.29) is 23.8 Å². The molecule has 2 heterocycles. The number of aryl methyl sites for hydroxylation is 1. The van der Waals surface area contributed by atoms with Crippen LogP contribution in [0.3, 0.4) is 0 Å². The van der Waals surface area contributed by atoms with Gasteiger partial charge in [-0.25, -0.2) is 0 Å². The molecule has 3 aromatic carbocycles. The van der Waals surface area contributed by atoms with Crippen LogP contribution in [0.25, 0.3) is 6.08 Å². The molecule has 2 amide bonds. The van der Waals surface area contributed by atoms with Crippen LogP contribution in [0.1, 0.15) is 47.9 Å². The summed E-state index contributed by atoms with van der Waals surface area (Å²) in [7, 11) is 0. The summed E-state index contributed by atoms with van der Waals surface area (Å²) in [5.41, 5.74) is 4.75. The lowest BCUT2D eigenvalue weighted by atomic mass is 9.83. The molecule has 1 aliphatic carbocycles. The quantitative estimate of drug-likeness (QED) is 0.223. The molecule has 6 rings (SSSR count). The lowest BCUT2D eigenvalue weighted by Crippen LogP contribution is -2.53. The molecule has 0 spiro atoms. The maximum absolute atomic E-state index is 14.0. The van der Waals surface area contributed by atoms with Gasteiger partial charge in [-0.15, -0.1) is 11.8 Å². The van der Waals surface area contributed by atoms with Crippen molar-refractivity contribution in [2.45, 2.75) is 57.0 Å². The molecule has 3 atom stereocenters. The first kappa shape index (κ1) is 31.6. The van der Waals surface area contributed by atoms with Crippen molar-refractivity contribution < 1.29 is 9.59 Å². The Bertz CT molecular complexity index is 1450. The number of rotatable bonds is 10. The maximum Gasteiger partial charge on any atom is 0.260 e. The number of carbonyl (C=O) groups excluding carboxylic acids is 2. The highest BCUT2D eigenvalue weighted by molar-refractivity contribution is 8.04. The summed E-state index contributed by atoms with van der Waals surface area (Å²) in [6, 6.07) is 29.3. The van der Waals surface area contributed by atoms with Gasteiger partial charge < -0.3 is 15.1 Å². The van der Waals surface area contributed by atoms with Crippen LogP contribution in [0.2, 0.25) is 0 Å². The molecule has 0 radical (unpaired) electrons. The Morgan fingerprint density at radius 1 is 0.867 bits per heavy atom. The number of fused-ring (bicyclic) bond motifs is 1. The van der Waals surface area contributed by atoms with E-state index in [9.17, 15) is 9.59 Å². The standard InChI is InChI=1S/C38H46N4O2S/c1-29-10-8-15-32(24-29)28-42-34-26-33(16-17-35(34)45-36(38(42)44)25-30-11-4-2-5-12-30)37(43)39-18-9-19-40-20-22-41(23-21-40)27-31-13-6-3-7-14-31/h2-8,10-15,24-25,33-35H,9,16-23,26-28H2,1H3,(H,39,43)/b36-25-. The molecule has 3 aliphatic rings. The Kier molecular flexibility index (Phi) is 10.7. The summed E-state index contributed by atoms with van der Waals surface area (Å²) in [5, 5.41) is 3.55. The van der Waals surface area contributed by atoms with E-state index in [1.165, 1.54) is 11.1 Å². The Morgan fingerprint density at radius 3 is 2.33 bits per heavy atom. The molecular weight excluding hydrogens is 577 g/mol. The maximum atomic E-state index is 14.0. The van der Waals surface area contributed by atoms with E-state index >= 15 is 0 Å². The zero-order valence-electron chi connectivity index (χ0n) is 26.4. The van der Waals surface area contributed by atoms with Gasteiger partial charge in [-0.3, -0.25) is 14.5 Å². The summed E-state index contributed by atoms with van der Waals surface area (Å²) >= 11 is 1.72. The molecule has 3 fully saturated rings. The lowest BCUT2D eigenvalue weighted by molar-refractivity contribution is -0.133. The number of nitrogens with one attached hydrogen (secondary N) is 1. The lowest BCUT2D eigenvalue weighted by Gasteiger charge is -2.46. The fourth-order valence-corrected chi connectivity index (χ4v) is 8.41. The number of hydrogen-bond acceptors (Lipinski definition) is 5. The van der Waals surface area contributed by atoms with Gasteiger partial charge in [0.25, 0.3) is 5.91 Å². The third-order valence-corrected chi connectivity index (χ3v) is 10.9. The molecule has 7 heteroatoms. The summed E-state index contributed by atoms with van der Waals surface area (Å²) in [6.07, 6.45) is 5.53. The first-order valence-electron chi connectivity index (χ1n) is 16.6. The second-order valence-electron chi connectivity index (χ2n) is 12.8. The Balaban J connectivity index is 1.01. The van der Waals surface area contributed by atoms with Crippen molar-refractivity contribution in [1.82, 2.24) is 20.0 Å². The zero-order valence-corrected chi connectivity index (χ0v) is 27.3. The van der Waals surface area contributed by atoms with Crippen molar-refractivity contribution in [3.8, 4) is 0 Å². The smallest absolute Gasteiger partial charge is 0.260 e. The van der Waals surface area contributed by atoms with Gasteiger partial charge in [0.1, 0.15) is 0 Å². The molecule has 1 N–H and O–H groups in total. The molecule has 45 heavy (non-hydrogen) atoms. The highest BCUT2D eigenvalue weighted by Gasteiger charge is 2.44. The number of thioether (sulfide) groups is 1. The van der Waals surface area contributed by atoms with Crippen LogP contribution in [0.15, 0.2) is 89.8 Å². The fourth-order valence-electron chi connectivity index (χ4n) is 6.99.